The molecule has 2 aromatic rings. The van der Waals surface area contributed by atoms with E-state index in [-0.39, 0.29) is 6.04 Å². The summed E-state index contributed by atoms with van der Waals surface area (Å²) in [6.45, 7) is 3.02. The second-order valence-electron chi connectivity index (χ2n) is 4.58. The average molecular weight is 420 g/mol. The van der Waals surface area contributed by atoms with Crippen molar-refractivity contribution < 1.29 is 0 Å². The molecule has 0 aliphatic rings. The maximum absolute atomic E-state index is 6.29. The van der Waals surface area contributed by atoms with Crippen molar-refractivity contribution in [1.29, 1.82) is 0 Å². The van der Waals surface area contributed by atoms with Crippen molar-refractivity contribution in [2.75, 3.05) is 6.54 Å². The second-order valence-corrected chi connectivity index (χ2v) is 6.61. The zero-order chi connectivity index (χ0) is 14.5. The van der Waals surface area contributed by atoms with Crippen LogP contribution in [0.2, 0.25) is 10.0 Å². The van der Waals surface area contributed by atoms with Crippen molar-refractivity contribution >= 4 is 45.8 Å². The predicted molar refractivity (Wildman–Crippen MR) is 95.7 cm³/mol. The Morgan fingerprint density at radius 3 is 2.45 bits per heavy atom. The van der Waals surface area contributed by atoms with Gasteiger partial charge in [-0.3, -0.25) is 0 Å². The summed E-state index contributed by atoms with van der Waals surface area (Å²) in [5.41, 5.74) is 2.34. The minimum atomic E-state index is 0.243. The topological polar surface area (TPSA) is 12.0 Å². The van der Waals surface area contributed by atoms with Crippen LogP contribution >= 0.6 is 45.8 Å². The fourth-order valence-corrected chi connectivity index (χ4v) is 2.93. The van der Waals surface area contributed by atoms with Gasteiger partial charge in [0.25, 0.3) is 0 Å². The van der Waals surface area contributed by atoms with Crippen molar-refractivity contribution in [3.63, 3.8) is 0 Å². The van der Waals surface area contributed by atoms with Crippen LogP contribution in [0.3, 0.4) is 0 Å². The van der Waals surface area contributed by atoms with Crippen molar-refractivity contribution in [2.24, 2.45) is 0 Å². The van der Waals surface area contributed by atoms with Crippen molar-refractivity contribution in [2.45, 2.75) is 19.4 Å². The number of likely N-dealkylation sites (N-methyl/N-ethyl adjacent to an activating group) is 1. The number of hydrogen-bond donors (Lipinski definition) is 1. The van der Waals surface area contributed by atoms with Crippen LogP contribution in [0, 0.1) is 3.57 Å². The van der Waals surface area contributed by atoms with Gasteiger partial charge in [0, 0.05) is 9.61 Å². The molecule has 0 aliphatic heterocycles. The molecule has 1 N–H and O–H groups in total. The lowest BCUT2D eigenvalue weighted by Gasteiger charge is -2.19. The van der Waals surface area contributed by atoms with E-state index in [1.54, 1.807) is 0 Å². The van der Waals surface area contributed by atoms with Crippen LogP contribution in [0.15, 0.2) is 42.5 Å². The molecule has 2 aromatic carbocycles. The Labute approximate surface area is 143 Å². The first-order chi connectivity index (χ1) is 9.61. The van der Waals surface area contributed by atoms with E-state index in [1.807, 2.05) is 18.2 Å². The highest BCUT2D eigenvalue weighted by molar-refractivity contribution is 14.1. The van der Waals surface area contributed by atoms with Crippen LogP contribution in [0.25, 0.3) is 0 Å². The monoisotopic (exact) mass is 419 g/mol. The SMILES string of the molecule is CCNC(Cc1cccc(Cl)c1Cl)c1ccc(I)cc1. The van der Waals surface area contributed by atoms with E-state index in [0.717, 1.165) is 18.5 Å². The summed E-state index contributed by atoms with van der Waals surface area (Å²) in [7, 11) is 0. The lowest BCUT2D eigenvalue weighted by molar-refractivity contribution is 0.550. The van der Waals surface area contributed by atoms with E-state index in [0.29, 0.717) is 10.0 Å². The highest BCUT2D eigenvalue weighted by atomic mass is 127. The zero-order valence-electron chi connectivity index (χ0n) is 11.2. The lowest BCUT2D eigenvalue weighted by atomic mass is 9.99. The summed E-state index contributed by atoms with van der Waals surface area (Å²) in [6.07, 6.45) is 0.827. The number of hydrogen-bond acceptors (Lipinski definition) is 1. The molecular formula is C16H16Cl2IN. The summed E-state index contributed by atoms with van der Waals surface area (Å²) in [5, 5.41) is 4.78. The van der Waals surface area contributed by atoms with Crippen molar-refractivity contribution in [3.05, 3.63) is 67.2 Å². The first-order valence-corrected chi connectivity index (χ1v) is 8.37. The smallest absolute Gasteiger partial charge is 0.0624 e. The Morgan fingerprint density at radius 1 is 1.10 bits per heavy atom. The van der Waals surface area contributed by atoms with Gasteiger partial charge in [-0.05, 0) is 64.9 Å². The van der Waals surface area contributed by atoms with E-state index in [9.17, 15) is 0 Å². The van der Waals surface area contributed by atoms with Crippen LogP contribution in [-0.2, 0) is 6.42 Å². The molecule has 4 heteroatoms. The van der Waals surface area contributed by atoms with Gasteiger partial charge in [0.1, 0.15) is 0 Å². The minimum absolute atomic E-state index is 0.243. The van der Waals surface area contributed by atoms with Gasteiger partial charge in [0.2, 0.25) is 0 Å². The summed E-state index contributed by atoms with van der Waals surface area (Å²) in [5.74, 6) is 0. The Hall–Kier alpha value is -0.290. The molecule has 1 atom stereocenters. The number of rotatable bonds is 5. The first-order valence-electron chi connectivity index (χ1n) is 6.53. The van der Waals surface area contributed by atoms with Gasteiger partial charge in [-0.25, -0.2) is 0 Å². The summed E-state index contributed by atoms with van der Waals surface area (Å²) in [4.78, 5) is 0. The molecule has 106 valence electrons. The lowest BCUT2D eigenvalue weighted by Crippen LogP contribution is -2.23. The maximum Gasteiger partial charge on any atom is 0.0624 e. The Morgan fingerprint density at radius 2 is 1.80 bits per heavy atom. The molecule has 0 saturated heterocycles. The molecule has 0 spiro atoms. The minimum Gasteiger partial charge on any atom is -0.310 e. The highest BCUT2D eigenvalue weighted by Gasteiger charge is 2.14. The van der Waals surface area contributed by atoms with Crippen LogP contribution in [0.5, 0.6) is 0 Å². The summed E-state index contributed by atoms with van der Waals surface area (Å²) >= 11 is 14.7. The van der Waals surface area contributed by atoms with Crippen molar-refractivity contribution in [3.8, 4) is 0 Å². The van der Waals surface area contributed by atoms with Gasteiger partial charge in [0.15, 0.2) is 0 Å². The van der Waals surface area contributed by atoms with Crippen molar-refractivity contribution in [1.82, 2.24) is 5.32 Å². The third kappa shape index (κ3) is 4.10. The van der Waals surface area contributed by atoms with Gasteiger partial charge in [0.05, 0.1) is 10.0 Å². The molecule has 0 amide bonds. The molecule has 0 fully saturated rings. The Bertz CT molecular complexity index is 569. The Balaban J connectivity index is 2.25. The molecule has 0 aromatic heterocycles. The van der Waals surface area contributed by atoms with E-state index >= 15 is 0 Å². The van der Waals surface area contributed by atoms with Crippen LogP contribution < -0.4 is 5.32 Å². The highest BCUT2D eigenvalue weighted by Crippen LogP contribution is 2.29. The van der Waals surface area contributed by atoms with E-state index in [4.69, 9.17) is 23.2 Å². The van der Waals surface area contributed by atoms with Gasteiger partial charge >= 0.3 is 0 Å². The Kier molecular flexibility index (Phi) is 6.15. The normalized spacial score (nSPS) is 12.4. The third-order valence-corrected chi connectivity index (χ3v) is 4.76. The van der Waals surface area contributed by atoms with Gasteiger partial charge in [-0.2, -0.15) is 0 Å². The predicted octanol–water partition coefficient (Wildman–Crippen LogP) is 5.49. The molecule has 1 unspecified atom stereocenters. The molecule has 0 bridgehead atoms. The van der Waals surface area contributed by atoms with Crippen LogP contribution in [-0.4, -0.2) is 6.54 Å². The summed E-state index contributed by atoms with van der Waals surface area (Å²) in [6, 6.07) is 14.6. The van der Waals surface area contributed by atoms with Gasteiger partial charge < -0.3 is 5.32 Å². The molecule has 0 aliphatic carbocycles. The molecule has 1 nitrogen and oxygen atoms in total. The second kappa shape index (κ2) is 7.64. The largest absolute Gasteiger partial charge is 0.310 e. The number of halogens is 3. The molecule has 0 heterocycles. The number of nitrogens with one attached hydrogen (secondary N) is 1. The quantitative estimate of drug-likeness (QED) is 0.631. The van der Waals surface area contributed by atoms with E-state index in [2.05, 4.69) is 59.1 Å². The molecule has 2 rings (SSSR count). The summed E-state index contributed by atoms with van der Waals surface area (Å²) < 4.78 is 1.24. The van der Waals surface area contributed by atoms with E-state index < -0.39 is 0 Å². The number of benzene rings is 2. The molecule has 20 heavy (non-hydrogen) atoms. The standard InChI is InChI=1S/C16H16Cl2IN/c1-2-20-15(11-6-8-13(19)9-7-11)10-12-4-3-5-14(17)16(12)18/h3-9,15,20H,2,10H2,1H3. The third-order valence-electron chi connectivity index (χ3n) is 3.18. The maximum atomic E-state index is 6.29. The van der Waals surface area contributed by atoms with Crippen LogP contribution in [0.4, 0.5) is 0 Å². The molecule has 0 radical (unpaired) electrons. The fraction of sp³-hybridized carbons (Fsp3) is 0.250. The zero-order valence-corrected chi connectivity index (χ0v) is 14.8. The first kappa shape index (κ1) is 16.1. The molecular weight excluding hydrogens is 404 g/mol. The average Bonchev–Trinajstić information content (AvgIpc) is 2.44. The van der Waals surface area contributed by atoms with E-state index in [1.165, 1.54) is 9.13 Å². The van der Waals surface area contributed by atoms with Gasteiger partial charge in [-0.15, -0.1) is 0 Å². The van der Waals surface area contributed by atoms with Gasteiger partial charge in [-0.1, -0.05) is 54.4 Å². The van der Waals surface area contributed by atoms with Crippen LogP contribution in [0.1, 0.15) is 24.1 Å². The molecule has 0 saturated carbocycles. The fourth-order valence-electron chi connectivity index (χ4n) is 2.18.